The van der Waals surface area contributed by atoms with Crippen molar-refractivity contribution in [3.8, 4) is 0 Å². The highest BCUT2D eigenvalue weighted by molar-refractivity contribution is 5.95. The monoisotopic (exact) mass is 368 g/mol. The second-order valence-electron chi connectivity index (χ2n) is 7.87. The Kier molecular flexibility index (Phi) is 5.09. The quantitative estimate of drug-likeness (QED) is 0.900. The molecule has 1 saturated carbocycles. The Morgan fingerprint density at radius 1 is 1.15 bits per heavy atom. The maximum Gasteiger partial charge on any atom is 0.257 e. The van der Waals surface area contributed by atoms with Crippen LogP contribution in [0.15, 0.2) is 18.5 Å². The third-order valence-corrected chi connectivity index (χ3v) is 5.90. The fourth-order valence-electron chi connectivity index (χ4n) is 4.54. The molecule has 0 bridgehead atoms. The normalized spacial score (nSPS) is 21.4. The van der Waals surface area contributed by atoms with Crippen LogP contribution in [0.2, 0.25) is 0 Å². The smallest absolute Gasteiger partial charge is 0.257 e. The van der Waals surface area contributed by atoms with E-state index in [2.05, 4.69) is 15.1 Å². The van der Waals surface area contributed by atoms with E-state index < -0.39 is 0 Å². The van der Waals surface area contributed by atoms with E-state index in [0.29, 0.717) is 18.4 Å². The molecule has 4 rings (SSSR count). The lowest BCUT2D eigenvalue weighted by Crippen LogP contribution is -2.39. The van der Waals surface area contributed by atoms with Crippen LogP contribution >= 0.6 is 0 Å². The first kappa shape index (κ1) is 17.9. The van der Waals surface area contributed by atoms with E-state index in [0.717, 1.165) is 49.2 Å². The van der Waals surface area contributed by atoms with E-state index in [1.165, 1.54) is 19.3 Å². The number of hydrogen-bond acceptors (Lipinski definition) is 5. The van der Waals surface area contributed by atoms with Gasteiger partial charge in [0.15, 0.2) is 0 Å². The highest BCUT2D eigenvalue weighted by Gasteiger charge is 2.31. The molecule has 1 amide bonds. The van der Waals surface area contributed by atoms with E-state index in [1.807, 2.05) is 24.2 Å². The molecule has 3 heterocycles. The molecule has 2 aliphatic rings. The third kappa shape index (κ3) is 3.82. The molecule has 1 unspecified atom stereocenters. The van der Waals surface area contributed by atoms with Gasteiger partial charge in [0.05, 0.1) is 17.0 Å². The summed E-state index contributed by atoms with van der Waals surface area (Å²) in [5, 5.41) is 4.67. The molecular weight excluding hydrogens is 340 g/mol. The minimum Gasteiger partial charge on any atom is -0.368 e. The summed E-state index contributed by atoms with van der Waals surface area (Å²) in [5.74, 6) is 1.03. The van der Waals surface area contributed by atoms with Crippen molar-refractivity contribution in [1.29, 1.82) is 0 Å². The van der Waals surface area contributed by atoms with Gasteiger partial charge >= 0.3 is 0 Å². The Hall–Kier alpha value is -2.44. The minimum absolute atomic E-state index is 0.107. The van der Waals surface area contributed by atoms with Crippen LogP contribution in [-0.4, -0.2) is 43.6 Å². The molecule has 0 spiro atoms. The summed E-state index contributed by atoms with van der Waals surface area (Å²) >= 11 is 0. The van der Waals surface area contributed by atoms with Crippen molar-refractivity contribution in [2.45, 2.75) is 56.8 Å². The number of nitrogens with two attached hydrogens (primary N) is 1. The Labute approximate surface area is 160 Å². The average Bonchev–Trinajstić information content (AvgIpc) is 3.10. The largest absolute Gasteiger partial charge is 0.368 e. The molecular formula is C20H28N6O. The van der Waals surface area contributed by atoms with Gasteiger partial charge in [-0.25, -0.2) is 9.97 Å². The molecule has 144 valence electrons. The predicted octanol–water partition coefficient (Wildman–Crippen LogP) is 2.86. The van der Waals surface area contributed by atoms with E-state index in [-0.39, 0.29) is 11.8 Å². The minimum atomic E-state index is 0.107. The van der Waals surface area contributed by atoms with Crippen LogP contribution in [0, 0.1) is 0 Å². The number of amides is 1. The maximum absolute atomic E-state index is 13.3. The van der Waals surface area contributed by atoms with Gasteiger partial charge in [-0.1, -0.05) is 19.3 Å². The Balaban J connectivity index is 1.54. The molecule has 1 aliphatic carbocycles. The Bertz CT molecular complexity index is 811. The number of anilines is 1. The first-order valence-corrected chi connectivity index (χ1v) is 10.0. The van der Waals surface area contributed by atoms with Crippen molar-refractivity contribution in [3.63, 3.8) is 0 Å². The number of aryl methyl sites for hydroxylation is 1. The fourth-order valence-corrected chi connectivity index (χ4v) is 4.54. The molecule has 1 atom stereocenters. The number of nitrogens with zero attached hydrogens (tertiary/aromatic N) is 5. The lowest BCUT2D eigenvalue weighted by atomic mass is 9.85. The van der Waals surface area contributed by atoms with Gasteiger partial charge in [-0.05, 0) is 31.7 Å². The number of nitrogen functional groups attached to an aromatic ring is 1. The molecule has 2 aromatic heterocycles. The number of carbonyl (C=O) groups is 1. The van der Waals surface area contributed by atoms with Crippen LogP contribution in [0.5, 0.6) is 0 Å². The van der Waals surface area contributed by atoms with Gasteiger partial charge in [-0.3, -0.25) is 9.48 Å². The molecule has 2 N–H and O–H groups in total. The van der Waals surface area contributed by atoms with Crippen molar-refractivity contribution in [1.82, 2.24) is 24.6 Å². The number of hydrogen-bond donors (Lipinski definition) is 1. The number of likely N-dealkylation sites (tertiary alicyclic amines) is 1. The van der Waals surface area contributed by atoms with Crippen molar-refractivity contribution < 1.29 is 4.79 Å². The molecule has 7 heteroatoms. The molecule has 0 radical (unpaired) electrons. The summed E-state index contributed by atoms with van der Waals surface area (Å²) in [6, 6.07) is 1.91. The first-order chi connectivity index (χ1) is 13.1. The zero-order valence-corrected chi connectivity index (χ0v) is 16.0. The standard InChI is InChI=1S/C20H28N6O/c1-25-13-16(18(24-25)14-6-3-2-4-7-14)19(27)26-11-5-8-15(12-26)17-9-10-22-20(21)23-17/h9-10,13-15H,2-8,11-12H2,1H3,(H2,21,22,23). The van der Waals surface area contributed by atoms with Crippen molar-refractivity contribution in [2.75, 3.05) is 18.8 Å². The van der Waals surface area contributed by atoms with E-state index in [4.69, 9.17) is 5.73 Å². The second kappa shape index (κ2) is 7.66. The van der Waals surface area contributed by atoms with Gasteiger partial charge in [-0.15, -0.1) is 0 Å². The Morgan fingerprint density at radius 3 is 2.70 bits per heavy atom. The van der Waals surface area contributed by atoms with E-state index in [1.54, 1.807) is 10.9 Å². The van der Waals surface area contributed by atoms with Crippen LogP contribution in [0.3, 0.4) is 0 Å². The highest BCUT2D eigenvalue weighted by Crippen LogP contribution is 2.34. The summed E-state index contributed by atoms with van der Waals surface area (Å²) in [4.78, 5) is 23.7. The third-order valence-electron chi connectivity index (χ3n) is 5.90. The number of piperidine rings is 1. The number of rotatable bonds is 3. The molecule has 1 aliphatic heterocycles. The summed E-state index contributed by atoms with van der Waals surface area (Å²) in [6.07, 6.45) is 11.6. The van der Waals surface area contributed by atoms with Crippen molar-refractivity contribution in [3.05, 3.63) is 35.4 Å². The van der Waals surface area contributed by atoms with E-state index in [9.17, 15) is 4.79 Å². The molecule has 7 nitrogen and oxygen atoms in total. The highest BCUT2D eigenvalue weighted by atomic mass is 16.2. The molecule has 0 aromatic carbocycles. The fraction of sp³-hybridized carbons (Fsp3) is 0.600. The summed E-state index contributed by atoms with van der Waals surface area (Å²) in [5.41, 5.74) is 8.45. The van der Waals surface area contributed by atoms with Crippen LogP contribution in [0.4, 0.5) is 5.95 Å². The van der Waals surface area contributed by atoms with Crippen molar-refractivity contribution in [2.24, 2.45) is 7.05 Å². The van der Waals surface area contributed by atoms with Crippen LogP contribution in [0.1, 0.15) is 78.5 Å². The zero-order chi connectivity index (χ0) is 18.8. The van der Waals surface area contributed by atoms with Crippen LogP contribution < -0.4 is 5.73 Å². The van der Waals surface area contributed by atoms with Gasteiger partial charge in [0.25, 0.3) is 5.91 Å². The molecule has 27 heavy (non-hydrogen) atoms. The molecule has 2 aromatic rings. The number of aromatic nitrogens is 4. The van der Waals surface area contributed by atoms with Gasteiger partial charge in [0.1, 0.15) is 0 Å². The number of carbonyl (C=O) groups excluding carboxylic acids is 1. The molecule has 2 fully saturated rings. The average molecular weight is 368 g/mol. The Morgan fingerprint density at radius 2 is 1.93 bits per heavy atom. The second-order valence-corrected chi connectivity index (χ2v) is 7.87. The summed E-state index contributed by atoms with van der Waals surface area (Å²) < 4.78 is 1.80. The van der Waals surface area contributed by atoms with Gasteiger partial charge in [0, 0.05) is 44.4 Å². The van der Waals surface area contributed by atoms with Gasteiger partial charge < -0.3 is 10.6 Å². The predicted molar refractivity (Wildman–Crippen MR) is 103 cm³/mol. The SMILES string of the molecule is Cn1cc(C(=O)N2CCCC(c3ccnc(N)n3)C2)c(C2CCCCC2)n1. The first-order valence-electron chi connectivity index (χ1n) is 10.0. The lowest BCUT2D eigenvalue weighted by molar-refractivity contribution is 0.0704. The van der Waals surface area contributed by atoms with E-state index >= 15 is 0 Å². The van der Waals surface area contributed by atoms with Crippen LogP contribution in [-0.2, 0) is 7.05 Å². The van der Waals surface area contributed by atoms with Gasteiger partial charge in [0.2, 0.25) is 5.95 Å². The molecule has 1 saturated heterocycles. The van der Waals surface area contributed by atoms with Crippen LogP contribution in [0.25, 0.3) is 0 Å². The van der Waals surface area contributed by atoms with Gasteiger partial charge in [-0.2, -0.15) is 5.10 Å². The lowest BCUT2D eigenvalue weighted by Gasteiger charge is -2.33. The van der Waals surface area contributed by atoms with Crippen molar-refractivity contribution >= 4 is 11.9 Å². The maximum atomic E-state index is 13.3. The topological polar surface area (TPSA) is 89.9 Å². The summed E-state index contributed by atoms with van der Waals surface area (Å²) in [7, 11) is 1.91. The summed E-state index contributed by atoms with van der Waals surface area (Å²) in [6.45, 7) is 1.46. The zero-order valence-electron chi connectivity index (χ0n) is 16.0.